The zero-order chi connectivity index (χ0) is 17.1. The molecular weight excluding hydrogens is 330 g/mol. The number of piperidine rings is 1. The highest BCUT2D eigenvalue weighted by atomic mass is 32.2. The Morgan fingerprint density at radius 2 is 1.80 bits per heavy atom. The van der Waals surface area contributed by atoms with E-state index < -0.39 is 0 Å². The van der Waals surface area contributed by atoms with E-state index in [1.807, 2.05) is 11.0 Å². The topological polar surface area (TPSA) is 26.8 Å². The van der Waals surface area contributed by atoms with Crippen molar-refractivity contribution in [2.24, 2.45) is 0 Å². The van der Waals surface area contributed by atoms with Crippen LogP contribution in [0.5, 0.6) is 0 Å². The molecule has 0 bridgehead atoms. The second kappa shape index (κ2) is 8.11. The summed E-state index contributed by atoms with van der Waals surface area (Å²) in [5.41, 5.74) is 2.46. The number of fused-ring (bicyclic) bond motifs is 1. The molecule has 3 aliphatic heterocycles. The molecule has 136 valence electrons. The third-order valence-corrected chi connectivity index (χ3v) is 6.83. The number of aryl methyl sites for hydroxylation is 1. The number of rotatable bonds is 3. The van der Waals surface area contributed by atoms with Gasteiger partial charge in [-0.1, -0.05) is 18.2 Å². The number of carbonyl (C=O) groups excluding carboxylic acids is 1. The predicted octanol–water partition coefficient (Wildman–Crippen LogP) is 2.48. The van der Waals surface area contributed by atoms with Gasteiger partial charge in [-0.05, 0) is 37.3 Å². The van der Waals surface area contributed by atoms with Gasteiger partial charge in [-0.2, -0.15) is 11.8 Å². The van der Waals surface area contributed by atoms with E-state index in [1.54, 1.807) is 0 Å². The van der Waals surface area contributed by atoms with E-state index in [2.05, 4.69) is 39.8 Å². The second-order valence-electron chi connectivity index (χ2n) is 7.43. The predicted molar refractivity (Wildman–Crippen MR) is 105 cm³/mol. The minimum absolute atomic E-state index is 0.278. The van der Waals surface area contributed by atoms with Gasteiger partial charge in [0.15, 0.2) is 0 Å². The lowest BCUT2D eigenvalue weighted by atomic mass is 10.0. The van der Waals surface area contributed by atoms with Crippen molar-refractivity contribution in [3.05, 3.63) is 29.8 Å². The number of anilines is 1. The number of likely N-dealkylation sites (tertiary alicyclic amines) is 1. The highest BCUT2D eigenvalue weighted by Crippen LogP contribution is 2.27. The maximum absolute atomic E-state index is 12.9. The third-order valence-electron chi connectivity index (χ3n) is 5.89. The van der Waals surface area contributed by atoms with Gasteiger partial charge in [0.2, 0.25) is 5.91 Å². The van der Waals surface area contributed by atoms with Crippen molar-refractivity contribution in [3.8, 4) is 0 Å². The van der Waals surface area contributed by atoms with Crippen molar-refractivity contribution in [3.63, 3.8) is 0 Å². The van der Waals surface area contributed by atoms with Crippen LogP contribution in [0, 0.1) is 0 Å². The molecule has 25 heavy (non-hydrogen) atoms. The molecule has 3 heterocycles. The summed E-state index contributed by atoms with van der Waals surface area (Å²) in [6.45, 7) is 6.08. The summed E-state index contributed by atoms with van der Waals surface area (Å²) in [6, 6.07) is 9.14. The number of hydrogen-bond donors (Lipinski definition) is 0. The Kier molecular flexibility index (Phi) is 5.63. The number of thioether (sulfide) groups is 1. The summed E-state index contributed by atoms with van der Waals surface area (Å²) >= 11 is 2.08. The lowest BCUT2D eigenvalue weighted by molar-refractivity contribution is -0.120. The molecule has 0 radical (unpaired) electrons. The first kappa shape index (κ1) is 17.4. The number of nitrogens with zero attached hydrogens (tertiary/aromatic N) is 3. The van der Waals surface area contributed by atoms with Crippen molar-refractivity contribution in [1.29, 1.82) is 0 Å². The van der Waals surface area contributed by atoms with E-state index in [4.69, 9.17) is 0 Å². The van der Waals surface area contributed by atoms with Gasteiger partial charge in [-0.3, -0.25) is 14.6 Å². The van der Waals surface area contributed by atoms with Crippen LogP contribution in [0.15, 0.2) is 24.3 Å². The van der Waals surface area contributed by atoms with Crippen LogP contribution in [0.1, 0.15) is 24.8 Å². The molecule has 1 amide bonds. The van der Waals surface area contributed by atoms with Crippen molar-refractivity contribution >= 4 is 23.4 Å². The van der Waals surface area contributed by atoms with Crippen molar-refractivity contribution in [2.75, 3.05) is 55.7 Å². The van der Waals surface area contributed by atoms with Gasteiger partial charge in [0.1, 0.15) is 0 Å². The molecule has 1 aromatic carbocycles. The molecule has 0 aliphatic carbocycles. The minimum Gasteiger partial charge on any atom is -0.311 e. The first-order valence-electron chi connectivity index (χ1n) is 9.74. The summed E-state index contributed by atoms with van der Waals surface area (Å²) in [4.78, 5) is 20.0. The Bertz CT molecular complexity index is 594. The summed E-state index contributed by atoms with van der Waals surface area (Å²) in [7, 11) is 0. The zero-order valence-electron chi connectivity index (χ0n) is 15.0. The van der Waals surface area contributed by atoms with Gasteiger partial charge >= 0.3 is 0 Å². The first-order chi connectivity index (χ1) is 12.3. The quantitative estimate of drug-likeness (QED) is 0.828. The van der Waals surface area contributed by atoms with Crippen LogP contribution in [0.25, 0.3) is 0 Å². The molecule has 4 nitrogen and oxygen atoms in total. The molecule has 2 fully saturated rings. The lowest BCUT2D eigenvalue weighted by Gasteiger charge is -2.40. The molecule has 0 N–H and O–H groups in total. The SMILES string of the molecule is O=C(CN1CCC(N2CCSCC2)CC1)N1CCCc2ccccc21. The molecular formula is C20H29N3OS. The molecule has 0 unspecified atom stereocenters. The number of benzene rings is 1. The highest BCUT2D eigenvalue weighted by Gasteiger charge is 2.28. The molecule has 0 spiro atoms. The van der Waals surface area contributed by atoms with E-state index in [0.717, 1.165) is 44.2 Å². The summed E-state index contributed by atoms with van der Waals surface area (Å²) in [5, 5.41) is 0. The molecule has 3 aliphatic rings. The molecule has 4 rings (SSSR count). The van der Waals surface area contributed by atoms with Crippen LogP contribution in [-0.4, -0.2) is 72.5 Å². The number of hydrogen-bond acceptors (Lipinski definition) is 4. The Hall–Kier alpha value is -1.04. The van der Waals surface area contributed by atoms with Gasteiger partial charge in [-0.25, -0.2) is 0 Å². The Morgan fingerprint density at radius 3 is 2.60 bits per heavy atom. The summed E-state index contributed by atoms with van der Waals surface area (Å²) in [6.07, 6.45) is 4.61. The van der Waals surface area contributed by atoms with Crippen LogP contribution in [0.2, 0.25) is 0 Å². The smallest absolute Gasteiger partial charge is 0.241 e. The van der Waals surface area contributed by atoms with Gasteiger partial charge in [0.25, 0.3) is 0 Å². The van der Waals surface area contributed by atoms with E-state index in [1.165, 1.54) is 43.0 Å². The van der Waals surface area contributed by atoms with Gasteiger partial charge in [0, 0.05) is 56.0 Å². The van der Waals surface area contributed by atoms with Crippen molar-refractivity contribution < 1.29 is 4.79 Å². The van der Waals surface area contributed by atoms with Crippen LogP contribution in [0.4, 0.5) is 5.69 Å². The number of carbonyl (C=O) groups is 1. The van der Waals surface area contributed by atoms with Crippen LogP contribution in [0.3, 0.4) is 0 Å². The fraction of sp³-hybridized carbons (Fsp3) is 0.650. The van der Waals surface area contributed by atoms with E-state index >= 15 is 0 Å². The molecule has 0 aromatic heterocycles. The van der Waals surface area contributed by atoms with E-state index in [-0.39, 0.29) is 5.91 Å². The summed E-state index contributed by atoms with van der Waals surface area (Å²) < 4.78 is 0. The highest BCUT2D eigenvalue weighted by molar-refractivity contribution is 7.99. The Labute approximate surface area is 155 Å². The zero-order valence-corrected chi connectivity index (χ0v) is 15.8. The molecule has 2 saturated heterocycles. The molecule has 0 atom stereocenters. The molecule has 1 aromatic rings. The van der Waals surface area contributed by atoms with Gasteiger partial charge in [0.05, 0.1) is 6.54 Å². The second-order valence-corrected chi connectivity index (χ2v) is 8.66. The Morgan fingerprint density at radius 1 is 1.04 bits per heavy atom. The largest absolute Gasteiger partial charge is 0.311 e. The number of para-hydroxylation sites is 1. The van der Waals surface area contributed by atoms with Crippen LogP contribution in [-0.2, 0) is 11.2 Å². The van der Waals surface area contributed by atoms with Gasteiger partial charge in [-0.15, -0.1) is 0 Å². The lowest BCUT2D eigenvalue weighted by Crippen LogP contribution is -2.50. The third kappa shape index (κ3) is 4.04. The van der Waals surface area contributed by atoms with Crippen molar-refractivity contribution in [1.82, 2.24) is 9.80 Å². The van der Waals surface area contributed by atoms with Crippen LogP contribution >= 0.6 is 11.8 Å². The van der Waals surface area contributed by atoms with Crippen LogP contribution < -0.4 is 4.90 Å². The average Bonchev–Trinajstić information content (AvgIpc) is 2.69. The summed E-state index contributed by atoms with van der Waals surface area (Å²) in [5.74, 6) is 2.85. The van der Waals surface area contributed by atoms with E-state index in [0.29, 0.717) is 6.54 Å². The fourth-order valence-electron chi connectivity index (χ4n) is 4.45. The molecule has 5 heteroatoms. The normalized spacial score (nSPS) is 23.4. The minimum atomic E-state index is 0.278. The Balaban J connectivity index is 1.31. The first-order valence-corrected chi connectivity index (χ1v) is 10.9. The van der Waals surface area contributed by atoms with Gasteiger partial charge < -0.3 is 4.90 Å². The average molecular weight is 360 g/mol. The standard InChI is InChI=1S/C20H29N3OS/c24-20(23-9-3-5-17-4-1-2-6-19(17)23)16-21-10-7-18(8-11-21)22-12-14-25-15-13-22/h1-2,4,6,18H,3,5,7-16H2. The number of amides is 1. The fourth-order valence-corrected chi connectivity index (χ4v) is 5.39. The molecule has 0 saturated carbocycles. The maximum Gasteiger partial charge on any atom is 0.241 e. The van der Waals surface area contributed by atoms with E-state index in [9.17, 15) is 4.79 Å². The monoisotopic (exact) mass is 359 g/mol. The van der Waals surface area contributed by atoms with Crippen molar-refractivity contribution in [2.45, 2.75) is 31.7 Å². The maximum atomic E-state index is 12.9.